The van der Waals surface area contributed by atoms with Gasteiger partial charge in [-0.05, 0) is 40.0 Å². The Morgan fingerprint density at radius 1 is 1.26 bits per heavy atom. The molecule has 1 amide bonds. The molecule has 23 heavy (non-hydrogen) atoms. The van der Waals surface area contributed by atoms with Crippen LogP contribution >= 0.6 is 0 Å². The molecule has 134 valence electrons. The number of halogens is 2. The molecule has 1 saturated carbocycles. The van der Waals surface area contributed by atoms with Crippen LogP contribution in [0.3, 0.4) is 0 Å². The normalized spacial score (nSPS) is 34.5. The second-order valence-corrected chi connectivity index (χ2v) is 8.01. The van der Waals surface area contributed by atoms with Crippen molar-refractivity contribution in [2.24, 2.45) is 5.41 Å². The van der Waals surface area contributed by atoms with E-state index < -0.39 is 41.7 Å². The number of carbonyl (C=O) groups excluding carboxylic acids is 1. The number of ether oxygens (including phenoxy) is 1. The third kappa shape index (κ3) is 3.76. The molecule has 2 rings (SSSR count). The number of likely N-dealkylation sites (tertiary alicyclic amines) is 1. The highest BCUT2D eigenvalue weighted by molar-refractivity contribution is 5.68. The third-order valence-corrected chi connectivity index (χ3v) is 4.98. The average Bonchev–Trinajstić information content (AvgIpc) is 2.74. The molecule has 0 aromatic heterocycles. The van der Waals surface area contributed by atoms with E-state index in [4.69, 9.17) is 4.74 Å². The number of aliphatic hydroxyl groups is 2. The van der Waals surface area contributed by atoms with Crippen molar-refractivity contribution in [1.82, 2.24) is 4.90 Å². The van der Waals surface area contributed by atoms with Crippen LogP contribution in [0.1, 0.15) is 52.9 Å². The number of aliphatic hydroxyl groups excluding tert-OH is 1. The van der Waals surface area contributed by atoms with Gasteiger partial charge in [0.1, 0.15) is 5.60 Å². The Morgan fingerprint density at radius 2 is 1.91 bits per heavy atom. The molecule has 0 spiro atoms. The monoisotopic (exact) mass is 335 g/mol. The largest absolute Gasteiger partial charge is 0.444 e. The van der Waals surface area contributed by atoms with Gasteiger partial charge in [0, 0.05) is 24.8 Å². The zero-order valence-electron chi connectivity index (χ0n) is 14.1. The first-order chi connectivity index (χ1) is 10.4. The van der Waals surface area contributed by atoms with Crippen LogP contribution in [0.4, 0.5) is 13.6 Å². The number of carbonyl (C=O) groups is 1. The van der Waals surface area contributed by atoms with Gasteiger partial charge in [0.05, 0.1) is 18.8 Å². The lowest BCUT2D eigenvalue weighted by Gasteiger charge is -2.49. The van der Waals surface area contributed by atoms with Gasteiger partial charge in [-0.25, -0.2) is 13.6 Å². The molecule has 1 heterocycles. The van der Waals surface area contributed by atoms with E-state index in [0.29, 0.717) is 19.4 Å². The standard InChI is InChI=1S/C16H27F2NO4/c1-13(2,3)23-12(21)19-8-4-5-15(22,10-19)14(11-20)6-7-16(17,18)9-14/h20,22H,4-11H2,1-3H3. The number of amides is 1. The number of β-amino-alcohol motifs (C(OH)–C–C–N with tert-alkyl or cyclic N) is 1. The zero-order chi connectivity index (χ0) is 17.5. The quantitative estimate of drug-likeness (QED) is 0.814. The molecule has 0 bridgehead atoms. The maximum Gasteiger partial charge on any atom is 0.410 e. The summed E-state index contributed by atoms with van der Waals surface area (Å²) in [6, 6.07) is 0. The average molecular weight is 335 g/mol. The number of nitrogens with zero attached hydrogens (tertiary/aromatic N) is 1. The van der Waals surface area contributed by atoms with Crippen LogP contribution in [-0.4, -0.2) is 58.0 Å². The summed E-state index contributed by atoms with van der Waals surface area (Å²) in [4.78, 5) is 13.6. The van der Waals surface area contributed by atoms with E-state index >= 15 is 0 Å². The summed E-state index contributed by atoms with van der Waals surface area (Å²) in [5.74, 6) is -2.88. The van der Waals surface area contributed by atoms with E-state index in [2.05, 4.69) is 0 Å². The minimum absolute atomic E-state index is 0.0508. The minimum atomic E-state index is -2.88. The van der Waals surface area contributed by atoms with E-state index in [1.165, 1.54) is 4.90 Å². The fourth-order valence-electron chi connectivity index (χ4n) is 3.72. The molecule has 0 radical (unpaired) electrons. The van der Waals surface area contributed by atoms with Gasteiger partial charge in [-0.3, -0.25) is 0 Å². The summed E-state index contributed by atoms with van der Waals surface area (Å²) < 4.78 is 32.7. The maximum absolute atomic E-state index is 13.7. The Bertz CT molecular complexity index is 465. The second kappa shape index (κ2) is 5.84. The first-order valence-electron chi connectivity index (χ1n) is 8.11. The summed E-state index contributed by atoms with van der Waals surface area (Å²) >= 11 is 0. The topological polar surface area (TPSA) is 70.0 Å². The van der Waals surface area contributed by atoms with E-state index in [1.54, 1.807) is 20.8 Å². The summed E-state index contributed by atoms with van der Waals surface area (Å²) in [5, 5.41) is 20.8. The van der Waals surface area contributed by atoms with E-state index in [-0.39, 0.29) is 19.4 Å². The van der Waals surface area contributed by atoms with Gasteiger partial charge in [0.15, 0.2) is 0 Å². The molecule has 2 N–H and O–H groups in total. The van der Waals surface area contributed by atoms with Crippen LogP contribution in [-0.2, 0) is 4.74 Å². The van der Waals surface area contributed by atoms with Crippen molar-refractivity contribution in [3.8, 4) is 0 Å². The first-order valence-corrected chi connectivity index (χ1v) is 8.11. The van der Waals surface area contributed by atoms with Gasteiger partial charge >= 0.3 is 6.09 Å². The van der Waals surface area contributed by atoms with Gasteiger partial charge in [0.2, 0.25) is 5.92 Å². The molecule has 2 fully saturated rings. The van der Waals surface area contributed by atoms with Crippen molar-refractivity contribution < 1.29 is 28.5 Å². The molecule has 0 aromatic rings. The fourth-order valence-corrected chi connectivity index (χ4v) is 3.72. The Kier molecular flexibility index (Phi) is 4.67. The molecule has 2 atom stereocenters. The fraction of sp³-hybridized carbons (Fsp3) is 0.938. The van der Waals surface area contributed by atoms with Crippen molar-refractivity contribution in [2.45, 2.75) is 70.0 Å². The molecule has 1 aliphatic heterocycles. The van der Waals surface area contributed by atoms with E-state index in [9.17, 15) is 23.8 Å². The predicted octanol–water partition coefficient (Wildman–Crippen LogP) is 2.55. The number of alkyl halides is 2. The van der Waals surface area contributed by atoms with Gasteiger partial charge < -0.3 is 19.8 Å². The molecule has 5 nitrogen and oxygen atoms in total. The first kappa shape index (κ1) is 18.4. The number of piperidine rings is 1. The molecule has 2 unspecified atom stereocenters. The SMILES string of the molecule is CC(C)(C)OC(=O)N1CCCC(O)(C2(CO)CCC(F)(F)C2)C1. The third-order valence-electron chi connectivity index (χ3n) is 4.98. The zero-order valence-corrected chi connectivity index (χ0v) is 14.1. The van der Waals surface area contributed by atoms with Crippen LogP contribution in [0.5, 0.6) is 0 Å². The lowest BCUT2D eigenvalue weighted by Crippen LogP contribution is -2.60. The number of hydrogen-bond donors (Lipinski definition) is 2. The Hall–Kier alpha value is -0.950. The Balaban J connectivity index is 2.16. The van der Waals surface area contributed by atoms with E-state index in [0.717, 1.165) is 0 Å². The minimum Gasteiger partial charge on any atom is -0.444 e. The summed E-state index contributed by atoms with van der Waals surface area (Å²) in [6.45, 7) is 5.05. The molecular formula is C16H27F2NO4. The highest BCUT2D eigenvalue weighted by Crippen LogP contribution is 2.55. The Labute approximate surface area is 135 Å². The van der Waals surface area contributed by atoms with Gasteiger partial charge in [-0.1, -0.05) is 0 Å². The Morgan fingerprint density at radius 3 is 2.39 bits per heavy atom. The molecular weight excluding hydrogens is 308 g/mol. The second-order valence-electron chi connectivity index (χ2n) is 8.01. The number of rotatable bonds is 2. The summed E-state index contributed by atoms with van der Waals surface area (Å²) in [7, 11) is 0. The van der Waals surface area contributed by atoms with Crippen molar-refractivity contribution in [1.29, 1.82) is 0 Å². The van der Waals surface area contributed by atoms with E-state index in [1.807, 2.05) is 0 Å². The van der Waals surface area contributed by atoms with Crippen LogP contribution in [0, 0.1) is 5.41 Å². The predicted molar refractivity (Wildman–Crippen MR) is 80.3 cm³/mol. The highest BCUT2D eigenvalue weighted by Gasteiger charge is 2.60. The van der Waals surface area contributed by atoms with Crippen molar-refractivity contribution in [2.75, 3.05) is 19.7 Å². The molecule has 1 aliphatic carbocycles. The molecule has 0 aromatic carbocycles. The summed E-state index contributed by atoms with van der Waals surface area (Å²) in [6.07, 6.45) is -0.619. The molecule has 1 saturated heterocycles. The van der Waals surface area contributed by atoms with Crippen LogP contribution in [0.2, 0.25) is 0 Å². The number of hydrogen-bond acceptors (Lipinski definition) is 4. The van der Waals surface area contributed by atoms with Crippen LogP contribution < -0.4 is 0 Å². The van der Waals surface area contributed by atoms with Gasteiger partial charge in [0.25, 0.3) is 0 Å². The molecule has 7 heteroatoms. The lowest BCUT2D eigenvalue weighted by atomic mass is 9.67. The van der Waals surface area contributed by atoms with Gasteiger partial charge in [-0.15, -0.1) is 0 Å². The highest BCUT2D eigenvalue weighted by atomic mass is 19.3. The van der Waals surface area contributed by atoms with Crippen molar-refractivity contribution in [3.63, 3.8) is 0 Å². The smallest absolute Gasteiger partial charge is 0.410 e. The maximum atomic E-state index is 13.7. The van der Waals surface area contributed by atoms with Crippen LogP contribution in [0.25, 0.3) is 0 Å². The van der Waals surface area contributed by atoms with Crippen molar-refractivity contribution >= 4 is 6.09 Å². The van der Waals surface area contributed by atoms with Crippen LogP contribution in [0.15, 0.2) is 0 Å². The molecule has 2 aliphatic rings. The van der Waals surface area contributed by atoms with Gasteiger partial charge in [-0.2, -0.15) is 0 Å². The lowest BCUT2D eigenvalue weighted by molar-refractivity contribution is -0.151. The summed E-state index contributed by atoms with van der Waals surface area (Å²) in [5.41, 5.74) is -3.45. The van der Waals surface area contributed by atoms with Crippen molar-refractivity contribution in [3.05, 3.63) is 0 Å².